The molecular weight excluding hydrogens is 552 g/mol. The Hall–Kier alpha value is -4.68. The van der Waals surface area contributed by atoms with Gasteiger partial charge < -0.3 is 10.6 Å². The van der Waals surface area contributed by atoms with Crippen LogP contribution in [0.4, 0.5) is 22.7 Å². The summed E-state index contributed by atoms with van der Waals surface area (Å²) in [5.74, 6) is -0.777. The van der Waals surface area contributed by atoms with Gasteiger partial charge in [-0.15, -0.1) is 0 Å². The van der Waals surface area contributed by atoms with Crippen molar-refractivity contribution in [3.8, 4) is 0 Å². The molecule has 4 rings (SSSR count). The van der Waals surface area contributed by atoms with Crippen LogP contribution in [0.25, 0.3) is 0 Å². The highest BCUT2D eigenvalue weighted by molar-refractivity contribution is 8.76. The van der Waals surface area contributed by atoms with E-state index in [2.05, 4.69) is 10.6 Å². The Morgan fingerprint density at radius 2 is 1.00 bits per heavy atom. The predicted octanol–water partition coefficient (Wildman–Crippen LogP) is 7.42. The van der Waals surface area contributed by atoms with Gasteiger partial charge in [0, 0.05) is 45.2 Å². The molecule has 2 amide bonds. The van der Waals surface area contributed by atoms with Crippen LogP contribution < -0.4 is 10.6 Å². The summed E-state index contributed by atoms with van der Waals surface area (Å²) in [6, 6.07) is 22.1. The molecule has 202 valence electrons. The molecule has 0 aromatic heterocycles. The average Bonchev–Trinajstić information content (AvgIpc) is 2.93. The molecule has 0 saturated heterocycles. The lowest BCUT2D eigenvalue weighted by Crippen LogP contribution is -2.14. The number of carbonyl (C=O) groups is 2. The van der Waals surface area contributed by atoms with E-state index in [9.17, 15) is 29.8 Å². The molecule has 12 heteroatoms. The van der Waals surface area contributed by atoms with Crippen molar-refractivity contribution in [2.24, 2.45) is 0 Å². The van der Waals surface area contributed by atoms with Gasteiger partial charge in [-0.1, -0.05) is 58.0 Å². The molecule has 0 spiro atoms. The van der Waals surface area contributed by atoms with Gasteiger partial charge in [0.25, 0.3) is 23.2 Å². The fourth-order valence-corrected chi connectivity index (χ4v) is 6.02. The standard InChI is InChI=1S/C28H22N4O6S2/c1-17-7-3-5-9-21(17)27(33)29-23-13-11-19(31(35)36)15-25(23)39-40-26-16-20(32(37)38)12-14-24(26)30-28(34)22-10-6-4-8-18(22)2/h3-16H,1-2H3,(H,29,33)(H,30,34). The number of carbonyl (C=O) groups excluding carboxylic acids is 2. The minimum Gasteiger partial charge on any atom is -0.321 e. The van der Waals surface area contributed by atoms with Crippen LogP contribution in [0.1, 0.15) is 31.8 Å². The summed E-state index contributed by atoms with van der Waals surface area (Å²) in [4.78, 5) is 48.4. The number of hydrogen-bond acceptors (Lipinski definition) is 8. The molecule has 0 radical (unpaired) electrons. The van der Waals surface area contributed by atoms with Crippen LogP contribution in [-0.2, 0) is 0 Å². The second-order valence-corrected chi connectivity index (χ2v) is 10.8. The summed E-state index contributed by atoms with van der Waals surface area (Å²) >= 11 is 0. The number of nitro groups is 2. The van der Waals surface area contributed by atoms with E-state index in [-0.39, 0.29) is 23.2 Å². The predicted molar refractivity (Wildman–Crippen MR) is 156 cm³/mol. The number of aryl methyl sites for hydroxylation is 2. The molecule has 2 N–H and O–H groups in total. The molecule has 10 nitrogen and oxygen atoms in total. The zero-order valence-corrected chi connectivity index (χ0v) is 22.9. The maximum Gasteiger partial charge on any atom is 0.270 e. The summed E-state index contributed by atoms with van der Waals surface area (Å²) in [5.41, 5.74) is 2.69. The molecule has 0 fully saturated rings. The van der Waals surface area contributed by atoms with Crippen molar-refractivity contribution in [2.75, 3.05) is 10.6 Å². The molecule has 40 heavy (non-hydrogen) atoms. The van der Waals surface area contributed by atoms with E-state index in [1.54, 1.807) is 50.2 Å². The van der Waals surface area contributed by atoms with E-state index in [0.29, 0.717) is 32.3 Å². The molecule has 0 unspecified atom stereocenters. The van der Waals surface area contributed by atoms with Gasteiger partial charge in [0.2, 0.25) is 0 Å². The van der Waals surface area contributed by atoms with Gasteiger partial charge in [-0.3, -0.25) is 29.8 Å². The molecule has 0 saturated carbocycles. The topological polar surface area (TPSA) is 144 Å². The SMILES string of the molecule is Cc1ccccc1C(=O)Nc1ccc([N+](=O)[O-])cc1SSc1cc([N+](=O)[O-])ccc1NC(=O)c1ccccc1C. The summed E-state index contributed by atoms with van der Waals surface area (Å²) in [6.07, 6.45) is 0. The van der Waals surface area contributed by atoms with Gasteiger partial charge in [0.05, 0.1) is 21.2 Å². The highest BCUT2D eigenvalue weighted by atomic mass is 33.1. The van der Waals surface area contributed by atoms with Gasteiger partial charge in [0.15, 0.2) is 0 Å². The smallest absolute Gasteiger partial charge is 0.270 e. The van der Waals surface area contributed by atoms with Gasteiger partial charge in [-0.2, -0.15) is 0 Å². The van der Waals surface area contributed by atoms with E-state index < -0.39 is 9.85 Å². The molecule has 0 aliphatic carbocycles. The van der Waals surface area contributed by atoms with Crippen molar-refractivity contribution in [1.29, 1.82) is 0 Å². The van der Waals surface area contributed by atoms with Crippen molar-refractivity contribution in [3.63, 3.8) is 0 Å². The van der Waals surface area contributed by atoms with Crippen LogP contribution in [0.2, 0.25) is 0 Å². The molecular formula is C28H22N4O6S2. The molecule has 4 aromatic rings. The number of non-ortho nitro benzene ring substituents is 2. The minimum atomic E-state index is -0.553. The first-order valence-electron chi connectivity index (χ1n) is 11.8. The first-order chi connectivity index (χ1) is 19.1. The van der Waals surface area contributed by atoms with E-state index >= 15 is 0 Å². The minimum absolute atomic E-state index is 0.191. The van der Waals surface area contributed by atoms with Crippen molar-refractivity contribution < 1.29 is 19.4 Å². The number of anilines is 2. The van der Waals surface area contributed by atoms with Gasteiger partial charge in [-0.05, 0) is 49.2 Å². The first kappa shape index (κ1) is 28.3. The van der Waals surface area contributed by atoms with Crippen molar-refractivity contribution in [1.82, 2.24) is 0 Å². The fraction of sp³-hybridized carbons (Fsp3) is 0.0714. The lowest BCUT2D eigenvalue weighted by molar-refractivity contribution is -0.385. The molecule has 0 aliphatic rings. The normalized spacial score (nSPS) is 10.6. The quantitative estimate of drug-likeness (QED) is 0.119. The van der Waals surface area contributed by atoms with Gasteiger partial charge >= 0.3 is 0 Å². The van der Waals surface area contributed by atoms with Gasteiger partial charge in [-0.25, -0.2) is 0 Å². The van der Waals surface area contributed by atoms with E-state index in [1.165, 1.54) is 36.4 Å². The van der Waals surface area contributed by atoms with Crippen LogP contribution in [0.5, 0.6) is 0 Å². The van der Waals surface area contributed by atoms with Crippen LogP contribution in [0.15, 0.2) is 94.7 Å². The first-order valence-corrected chi connectivity index (χ1v) is 13.9. The maximum absolute atomic E-state index is 13.0. The third-order valence-corrected chi connectivity index (χ3v) is 8.29. The Balaban J connectivity index is 1.65. The zero-order chi connectivity index (χ0) is 28.8. The molecule has 0 bridgehead atoms. The number of nitrogens with one attached hydrogen (secondary N) is 2. The van der Waals surface area contributed by atoms with Gasteiger partial charge in [0.1, 0.15) is 0 Å². The van der Waals surface area contributed by atoms with Crippen LogP contribution in [-0.4, -0.2) is 21.7 Å². The zero-order valence-electron chi connectivity index (χ0n) is 21.2. The summed E-state index contributed by atoms with van der Waals surface area (Å²) in [7, 11) is 2.11. The third-order valence-electron chi connectivity index (χ3n) is 5.85. The molecule has 0 heterocycles. The van der Waals surface area contributed by atoms with Crippen LogP contribution in [0, 0.1) is 34.1 Å². The number of rotatable bonds is 9. The summed E-state index contributed by atoms with van der Waals surface area (Å²) in [6.45, 7) is 3.59. The third kappa shape index (κ3) is 6.65. The number of nitro benzene ring substituents is 2. The number of nitrogens with zero attached hydrogens (tertiary/aromatic N) is 2. The van der Waals surface area contributed by atoms with Crippen molar-refractivity contribution >= 4 is 56.2 Å². The summed E-state index contributed by atoms with van der Waals surface area (Å²) < 4.78 is 0. The van der Waals surface area contributed by atoms with E-state index in [1.807, 2.05) is 12.1 Å². The molecule has 4 aromatic carbocycles. The second-order valence-electron chi connectivity index (χ2n) is 8.58. The summed E-state index contributed by atoms with van der Waals surface area (Å²) in [5, 5.41) is 28.5. The number of hydrogen-bond donors (Lipinski definition) is 2. The Bertz CT molecular complexity index is 1520. The average molecular weight is 575 g/mol. The largest absolute Gasteiger partial charge is 0.321 e. The molecule has 0 atom stereocenters. The lowest BCUT2D eigenvalue weighted by Gasteiger charge is -2.14. The highest BCUT2D eigenvalue weighted by Gasteiger charge is 2.19. The Kier molecular flexibility index (Phi) is 8.82. The van der Waals surface area contributed by atoms with Crippen LogP contribution in [0.3, 0.4) is 0 Å². The Morgan fingerprint density at radius 1 is 0.625 bits per heavy atom. The number of amides is 2. The number of benzene rings is 4. The molecule has 0 aliphatic heterocycles. The van der Waals surface area contributed by atoms with E-state index in [4.69, 9.17) is 0 Å². The lowest BCUT2D eigenvalue weighted by atomic mass is 10.1. The van der Waals surface area contributed by atoms with Crippen molar-refractivity contribution in [3.05, 3.63) is 127 Å². The van der Waals surface area contributed by atoms with E-state index in [0.717, 1.165) is 32.7 Å². The van der Waals surface area contributed by atoms with Crippen LogP contribution >= 0.6 is 21.6 Å². The Labute approximate surface area is 236 Å². The fourth-order valence-electron chi connectivity index (χ4n) is 3.72. The van der Waals surface area contributed by atoms with Crippen molar-refractivity contribution in [2.45, 2.75) is 23.6 Å². The highest BCUT2D eigenvalue weighted by Crippen LogP contribution is 2.46. The second kappa shape index (κ2) is 12.5. The Morgan fingerprint density at radius 3 is 1.35 bits per heavy atom. The monoisotopic (exact) mass is 574 g/mol. The maximum atomic E-state index is 13.0.